The van der Waals surface area contributed by atoms with E-state index in [0.717, 1.165) is 17.7 Å². The first-order valence-corrected chi connectivity index (χ1v) is 7.92. The van der Waals surface area contributed by atoms with Crippen LogP contribution in [-0.4, -0.2) is 40.8 Å². The SMILES string of the molecule is C=CC(=O)N[C@H]1CCN(C(=O)c2cccc(-c3ccccc3)n2)C1. The molecule has 0 radical (unpaired) electrons. The molecule has 0 spiro atoms. The number of benzene rings is 1. The molecule has 24 heavy (non-hydrogen) atoms. The molecule has 0 aliphatic carbocycles. The third-order valence-corrected chi connectivity index (χ3v) is 4.05. The van der Waals surface area contributed by atoms with Crippen LogP contribution in [0.3, 0.4) is 0 Å². The number of aromatic nitrogens is 1. The summed E-state index contributed by atoms with van der Waals surface area (Å²) in [7, 11) is 0. The molecule has 122 valence electrons. The van der Waals surface area contributed by atoms with Crippen LogP contribution in [0.2, 0.25) is 0 Å². The zero-order chi connectivity index (χ0) is 16.9. The molecule has 1 fully saturated rings. The Morgan fingerprint density at radius 3 is 2.71 bits per heavy atom. The summed E-state index contributed by atoms with van der Waals surface area (Å²) >= 11 is 0. The van der Waals surface area contributed by atoms with Gasteiger partial charge < -0.3 is 10.2 Å². The summed E-state index contributed by atoms with van der Waals surface area (Å²) in [5.41, 5.74) is 2.17. The van der Waals surface area contributed by atoms with Crippen LogP contribution in [0.4, 0.5) is 0 Å². The van der Waals surface area contributed by atoms with Crippen molar-refractivity contribution in [2.45, 2.75) is 12.5 Å². The second-order valence-corrected chi connectivity index (χ2v) is 5.72. The molecule has 2 heterocycles. The van der Waals surface area contributed by atoms with E-state index in [1.165, 1.54) is 6.08 Å². The van der Waals surface area contributed by atoms with Crippen LogP contribution in [0.25, 0.3) is 11.3 Å². The van der Waals surface area contributed by atoms with Gasteiger partial charge in [-0.1, -0.05) is 43.0 Å². The largest absolute Gasteiger partial charge is 0.348 e. The number of amides is 2. The van der Waals surface area contributed by atoms with E-state index in [4.69, 9.17) is 0 Å². The van der Waals surface area contributed by atoms with Gasteiger partial charge in [0.25, 0.3) is 5.91 Å². The molecule has 5 nitrogen and oxygen atoms in total. The zero-order valence-corrected chi connectivity index (χ0v) is 13.3. The van der Waals surface area contributed by atoms with E-state index in [1.54, 1.807) is 11.0 Å². The molecule has 1 aliphatic heterocycles. The van der Waals surface area contributed by atoms with Gasteiger partial charge in [-0.15, -0.1) is 0 Å². The second kappa shape index (κ2) is 7.08. The molecule has 3 rings (SSSR count). The van der Waals surface area contributed by atoms with Crippen LogP contribution in [0.1, 0.15) is 16.9 Å². The van der Waals surface area contributed by atoms with Gasteiger partial charge in [0, 0.05) is 24.7 Å². The van der Waals surface area contributed by atoms with Crippen LogP contribution >= 0.6 is 0 Å². The van der Waals surface area contributed by atoms with E-state index in [0.29, 0.717) is 18.8 Å². The van der Waals surface area contributed by atoms with Crippen molar-refractivity contribution >= 4 is 11.8 Å². The van der Waals surface area contributed by atoms with E-state index >= 15 is 0 Å². The number of nitrogens with one attached hydrogen (secondary N) is 1. The van der Waals surface area contributed by atoms with Crippen molar-refractivity contribution in [3.63, 3.8) is 0 Å². The molecule has 1 atom stereocenters. The number of hydrogen-bond acceptors (Lipinski definition) is 3. The first-order chi connectivity index (χ1) is 11.7. The molecule has 1 aromatic heterocycles. The van der Waals surface area contributed by atoms with Gasteiger partial charge in [-0.2, -0.15) is 0 Å². The lowest BCUT2D eigenvalue weighted by Gasteiger charge is -2.16. The first-order valence-electron chi connectivity index (χ1n) is 7.92. The van der Waals surface area contributed by atoms with E-state index < -0.39 is 0 Å². The third kappa shape index (κ3) is 3.51. The van der Waals surface area contributed by atoms with Gasteiger partial charge in [-0.25, -0.2) is 4.98 Å². The summed E-state index contributed by atoms with van der Waals surface area (Å²) < 4.78 is 0. The van der Waals surface area contributed by atoms with Gasteiger partial charge in [-0.05, 0) is 24.6 Å². The Kier molecular flexibility index (Phi) is 4.70. The molecule has 2 amide bonds. The van der Waals surface area contributed by atoms with Gasteiger partial charge in [0.1, 0.15) is 5.69 Å². The van der Waals surface area contributed by atoms with Crippen LogP contribution in [0.5, 0.6) is 0 Å². The number of carbonyl (C=O) groups excluding carboxylic acids is 2. The van der Waals surface area contributed by atoms with Gasteiger partial charge in [-0.3, -0.25) is 9.59 Å². The Balaban J connectivity index is 1.72. The monoisotopic (exact) mass is 321 g/mol. The molecule has 1 N–H and O–H groups in total. The molecule has 1 aromatic carbocycles. The number of hydrogen-bond donors (Lipinski definition) is 1. The smallest absolute Gasteiger partial charge is 0.272 e. The highest BCUT2D eigenvalue weighted by Crippen LogP contribution is 2.18. The van der Waals surface area contributed by atoms with Crippen molar-refractivity contribution in [3.8, 4) is 11.3 Å². The lowest BCUT2D eigenvalue weighted by Crippen LogP contribution is -2.37. The fourth-order valence-corrected chi connectivity index (χ4v) is 2.81. The molecule has 1 aliphatic rings. The van der Waals surface area contributed by atoms with Gasteiger partial charge in [0.15, 0.2) is 0 Å². The Bertz CT molecular complexity index is 758. The molecule has 1 saturated heterocycles. The predicted octanol–water partition coefficient (Wildman–Crippen LogP) is 2.27. The van der Waals surface area contributed by atoms with Crippen molar-refractivity contribution < 1.29 is 9.59 Å². The third-order valence-electron chi connectivity index (χ3n) is 4.05. The number of likely N-dealkylation sites (tertiary alicyclic amines) is 1. The van der Waals surface area contributed by atoms with Gasteiger partial charge in [0.05, 0.1) is 5.69 Å². The van der Waals surface area contributed by atoms with Gasteiger partial charge in [0.2, 0.25) is 5.91 Å². The fourth-order valence-electron chi connectivity index (χ4n) is 2.81. The molecule has 0 unspecified atom stereocenters. The topological polar surface area (TPSA) is 62.3 Å². The number of nitrogens with zero attached hydrogens (tertiary/aromatic N) is 2. The van der Waals surface area contributed by atoms with Gasteiger partial charge >= 0.3 is 0 Å². The van der Waals surface area contributed by atoms with Crippen molar-refractivity contribution in [3.05, 3.63) is 66.9 Å². The average Bonchev–Trinajstić information content (AvgIpc) is 3.10. The van der Waals surface area contributed by atoms with E-state index in [2.05, 4.69) is 16.9 Å². The maximum atomic E-state index is 12.7. The summed E-state index contributed by atoms with van der Waals surface area (Å²) in [6.07, 6.45) is 1.99. The summed E-state index contributed by atoms with van der Waals surface area (Å²) in [5, 5.41) is 2.83. The number of pyridine rings is 1. The lowest BCUT2D eigenvalue weighted by molar-refractivity contribution is -0.117. The summed E-state index contributed by atoms with van der Waals surface area (Å²) in [6.45, 7) is 4.55. The highest BCUT2D eigenvalue weighted by Gasteiger charge is 2.28. The summed E-state index contributed by atoms with van der Waals surface area (Å²) in [6, 6.07) is 15.2. The van der Waals surface area contributed by atoms with Crippen LogP contribution in [0, 0.1) is 0 Å². The van der Waals surface area contributed by atoms with Crippen molar-refractivity contribution in [2.24, 2.45) is 0 Å². The molecule has 0 bridgehead atoms. The maximum Gasteiger partial charge on any atom is 0.272 e. The Hall–Kier alpha value is -2.95. The number of rotatable bonds is 4. The average molecular weight is 321 g/mol. The molecule has 0 saturated carbocycles. The fraction of sp³-hybridized carbons (Fsp3) is 0.211. The minimum Gasteiger partial charge on any atom is -0.348 e. The molecule has 5 heteroatoms. The minimum atomic E-state index is -0.210. The Labute approximate surface area is 141 Å². The van der Waals surface area contributed by atoms with Crippen LogP contribution in [0.15, 0.2) is 61.2 Å². The van der Waals surface area contributed by atoms with E-state index in [-0.39, 0.29) is 17.9 Å². The Morgan fingerprint density at radius 2 is 1.96 bits per heavy atom. The minimum absolute atomic E-state index is 0.0308. The zero-order valence-electron chi connectivity index (χ0n) is 13.3. The van der Waals surface area contributed by atoms with Crippen LogP contribution in [-0.2, 0) is 4.79 Å². The lowest BCUT2D eigenvalue weighted by atomic mass is 10.1. The van der Waals surface area contributed by atoms with E-state index in [9.17, 15) is 9.59 Å². The highest BCUT2D eigenvalue weighted by atomic mass is 16.2. The second-order valence-electron chi connectivity index (χ2n) is 5.72. The number of carbonyl (C=O) groups is 2. The predicted molar refractivity (Wildman–Crippen MR) is 92.3 cm³/mol. The maximum absolute atomic E-state index is 12.7. The van der Waals surface area contributed by atoms with Crippen LogP contribution < -0.4 is 5.32 Å². The standard InChI is InChI=1S/C19H19N3O2/c1-2-18(23)20-15-11-12-22(13-15)19(24)17-10-6-9-16(21-17)14-7-4-3-5-8-14/h2-10,15H,1,11-13H2,(H,20,23)/t15-/m0/s1. The molecular weight excluding hydrogens is 302 g/mol. The normalized spacial score (nSPS) is 16.7. The van der Waals surface area contributed by atoms with Crippen molar-refractivity contribution in [2.75, 3.05) is 13.1 Å². The van der Waals surface area contributed by atoms with Crippen molar-refractivity contribution in [1.82, 2.24) is 15.2 Å². The first kappa shape index (κ1) is 15.9. The Morgan fingerprint density at radius 1 is 1.17 bits per heavy atom. The van der Waals surface area contributed by atoms with E-state index in [1.807, 2.05) is 42.5 Å². The summed E-state index contributed by atoms with van der Waals surface area (Å²) in [5.74, 6) is -0.318. The van der Waals surface area contributed by atoms with Crippen molar-refractivity contribution in [1.29, 1.82) is 0 Å². The highest BCUT2D eigenvalue weighted by molar-refractivity contribution is 5.93. The molecule has 2 aromatic rings. The molecular formula is C19H19N3O2. The summed E-state index contributed by atoms with van der Waals surface area (Å²) in [4.78, 5) is 30.3. The quantitative estimate of drug-likeness (QED) is 0.879.